The fourth-order valence-corrected chi connectivity index (χ4v) is 7.63. The molecule has 12 heteroatoms. The molecule has 1 aliphatic heterocycles. The van der Waals surface area contributed by atoms with Crippen molar-refractivity contribution < 1.29 is 36.1 Å². The number of aromatic nitrogens is 1. The smallest absolute Gasteiger partial charge is 0.335 e. The van der Waals surface area contributed by atoms with E-state index in [0.29, 0.717) is 37.5 Å². The highest BCUT2D eigenvalue weighted by Gasteiger charge is 2.32. The number of halogens is 1. The Morgan fingerprint density at radius 1 is 1.09 bits per heavy atom. The average Bonchev–Trinajstić information content (AvgIpc) is 3.69. The molecule has 45 heavy (non-hydrogen) atoms. The van der Waals surface area contributed by atoms with E-state index in [1.165, 1.54) is 44.8 Å². The molecular formula is C33H50FN4O6S+. The van der Waals surface area contributed by atoms with Crippen LogP contribution in [0.3, 0.4) is 0 Å². The third kappa shape index (κ3) is 11.1. The first-order valence-electron chi connectivity index (χ1n) is 16.5. The zero-order valence-electron chi connectivity index (χ0n) is 26.6. The number of methoxy groups -OCH3 is 1. The third-order valence-electron chi connectivity index (χ3n) is 9.09. The third-order valence-corrected chi connectivity index (χ3v) is 10.5. The van der Waals surface area contributed by atoms with Gasteiger partial charge in [0.2, 0.25) is 15.9 Å². The molecular weight excluding hydrogens is 599 g/mol. The number of aryl methyl sites for hydroxylation is 1. The zero-order chi connectivity index (χ0) is 32.1. The lowest BCUT2D eigenvalue weighted by Crippen LogP contribution is -2.48. The summed E-state index contributed by atoms with van der Waals surface area (Å²) < 4.78 is 51.3. The van der Waals surface area contributed by atoms with Gasteiger partial charge in [-0.05, 0) is 67.8 Å². The fraction of sp³-hybridized carbons (Fsp3) is 0.667. The predicted octanol–water partition coefficient (Wildman–Crippen LogP) is 4.46. The molecule has 1 atom stereocenters. The van der Waals surface area contributed by atoms with Gasteiger partial charge in [-0.3, -0.25) is 23.6 Å². The number of carbonyl (C=O) groups excluding carboxylic acids is 2. The number of alkyl halides is 1. The number of oxazole rings is 1. The number of ether oxygens (including phenoxy) is 1. The number of unbranched alkanes of at least 4 members (excludes halogenated alkanes) is 1. The van der Waals surface area contributed by atoms with E-state index in [9.17, 15) is 22.4 Å². The molecule has 0 bridgehead atoms. The highest BCUT2D eigenvalue weighted by Crippen LogP contribution is 2.28. The van der Waals surface area contributed by atoms with Crippen LogP contribution in [-0.4, -0.2) is 63.8 Å². The SMILES string of the molecule is COc1ccc(CCC(=O)NS(=O)(=O)CCCF)c(CN2CCCC2C[n+]2cocc2C(=O)NCCCCC2CCCCC2)c1. The fourth-order valence-electron chi connectivity index (χ4n) is 6.59. The minimum Gasteiger partial charge on any atom is -0.497 e. The van der Waals surface area contributed by atoms with Gasteiger partial charge in [0.1, 0.15) is 5.75 Å². The van der Waals surface area contributed by atoms with Gasteiger partial charge in [-0.2, -0.15) is 4.57 Å². The van der Waals surface area contributed by atoms with E-state index in [-0.39, 0.29) is 24.8 Å². The van der Waals surface area contributed by atoms with Gasteiger partial charge in [-0.15, -0.1) is 0 Å². The normalized spacial score (nSPS) is 17.8. The molecule has 0 radical (unpaired) electrons. The molecule has 4 rings (SSSR count). The van der Waals surface area contributed by atoms with Crippen molar-refractivity contribution >= 4 is 21.8 Å². The predicted molar refractivity (Wildman–Crippen MR) is 169 cm³/mol. The van der Waals surface area contributed by atoms with Crippen molar-refractivity contribution in [3.8, 4) is 5.75 Å². The second kappa shape index (κ2) is 17.6. The van der Waals surface area contributed by atoms with Crippen molar-refractivity contribution in [1.82, 2.24) is 14.9 Å². The average molecular weight is 650 g/mol. The van der Waals surface area contributed by atoms with Crippen molar-refractivity contribution in [2.45, 2.75) is 103 Å². The highest BCUT2D eigenvalue weighted by atomic mass is 32.2. The maximum atomic E-state index is 13.0. The number of benzene rings is 1. The zero-order valence-corrected chi connectivity index (χ0v) is 27.4. The van der Waals surface area contributed by atoms with E-state index < -0.39 is 28.4 Å². The summed E-state index contributed by atoms with van der Waals surface area (Å²) in [6, 6.07) is 5.88. The molecule has 2 aromatic rings. The number of rotatable bonds is 18. The van der Waals surface area contributed by atoms with E-state index >= 15 is 0 Å². The number of amides is 2. The van der Waals surface area contributed by atoms with Gasteiger partial charge < -0.3 is 14.5 Å². The molecule has 1 aromatic heterocycles. The standard InChI is InChI=1S/C33H49FN4O6S/c1-43-30-15-13-27(14-16-32(39)36-45(41,42)20-8-17-34)28(21-30)22-37-19-7-12-29(37)23-38-25-44-24-31(38)33(40)35-18-6-5-11-26-9-3-2-4-10-26/h13,15,21,24-26,29H,2-12,14,16-20,22-23H2,1H3,(H-,35,36,39,40)/p+1. The number of carbonyl (C=O) groups is 2. The number of nitrogens with zero attached hydrogens (tertiary/aromatic N) is 2. The molecule has 2 amide bonds. The van der Waals surface area contributed by atoms with Gasteiger partial charge in [-0.25, -0.2) is 8.42 Å². The van der Waals surface area contributed by atoms with Crippen LogP contribution in [0.15, 0.2) is 35.3 Å². The minimum absolute atomic E-state index is 0.0124. The van der Waals surface area contributed by atoms with Gasteiger partial charge in [-0.1, -0.05) is 51.0 Å². The van der Waals surface area contributed by atoms with E-state index in [0.717, 1.165) is 49.3 Å². The second-order valence-electron chi connectivity index (χ2n) is 12.4. The first-order chi connectivity index (χ1) is 21.8. The topological polar surface area (TPSA) is 122 Å². The van der Waals surface area contributed by atoms with E-state index in [2.05, 4.69) is 10.2 Å². The quantitative estimate of drug-likeness (QED) is 0.181. The molecule has 1 unspecified atom stereocenters. The van der Waals surface area contributed by atoms with Crippen LogP contribution in [-0.2, 0) is 34.3 Å². The number of nitrogens with one attached hydrogen (secondary N) is 2. The molecule has 2 heterocycles. The van der Waals surface area contributed by atoms with Crippen LogP contribution in [0.5, 0.6) is 5.75 Å². The molecule has 250 valence electrons. The second-order valence-corrected chi connectivity index (χ2v) is 14.3. The summed E-state index contributed by atoms with van der Waals surface area (Å²) in [5, 5.41) is 3.07. The highest BCUT2D eigenvalue weighted by molar-refractivity contribution is 7.90. The minimum atomic E-state index is -3.85. The lowest BCUT2D eigenvalue weighted by molar-refractivity contribution is -0.705. The van der Waals surface area contributed by atoms with Crippen molar-refractivity contribution in [3.63, 3.8) is 0 Å². The van der Waals surface area contributed by atoms with E-state index in [1.807, 2.05) is 27.5 Å². The number of likely N-dealkylation sites (tertiary alicyclic amines) is 1. The van der Waals surface area contributed by atoms with Crippen LogP contribution in [0, 0.1) is 5.92 Å². The van der Waals surface area contributed by atoms with Crippen LogP contribution in [0.1, 0.15) is 98.7 Å². The summed E-state index contributed by atoms with van der Waals surface area (Å²) in [6.45, 7) is 2.02. The molecule has 2 aliphatic rings. The molecule has 1 saturated carbocycles. The van der Waals surface area contributed by atoms with Crippen molar-refractivity contribution in [2.75, 3.05) is 32.6 Å². The lowest BCUT2D eigenvalue weighted by Gasteiger charge is -2.24. The van der Waals surface area contributed by atoms with Crippen molar-refractivity contribution in [2.24, 2.45) is 5.92 Å². The van der Waals surface area contributed by atoms with Crippen LogP contribution >= 0.6 is 0 Å². The van der Waals surface area contributed by atoms with Crippen LogP contribution < -0.4 is 19.3 Å². The van der Waals surface area contributed by atoms with Crippen LogP contribution in [0.4, 0.5) is 4.39 Å². The first kappa shape index (κ1) is 34.9. The Hall–Kier alpha value is -2.99. The van der Waals surface area contributed by atoms with Gasteiger partial charge in [0, 0.05) is 19.5 Å². The molecule has 10 nitrogen and oxygen atoms in total. The Balaban J connectivity index is 1.31. The molecule has 0 spiro atoms. The summed E-state index contributed by atoms with van der Waals surface area (Å²) in [7, 11) is -2.24. The van der Waals surface area contributed by atoms with Crippen molar-refractivity contribution in [1.29, 1.82) is 0 Å². The van der Waals surface area contributed by atoms with E-state index in [1.54, 1.807) is 13.5 Å². The van der Waals surface area contributed by atoms with Gasteiger partial charge in [0.05, 0.1) is 25.6 Å². The Morgan fingerprint density at radius 2 is 1.91 bits per heavy atom. The summed E-state index contributed by atoms with van der Waals surface area (Å²) >= 11 is 0. The maximum Gasteiger partial charge on any atom is 0.335 e. The molecule has 2 N–H and O–H groups in total. The van der Waals surface area contributed by atoms with Gasteiger partial charge in [0.25, 0.3) is 0 Å². The number of hydrogen-bond donors (Lipinski definition) is 2. The monoisotopic (exact) mass is 649 g/mol. The van der Waals surface area contributed by atoms with Crippen molar-refractivity contribution in [3.05, 3.63) is 47.7 Å². The number of sulfonamides is 1. The Labute approximate surface area is 267 Å². The summed E-state index contributed by atoms with van der Waals surface area (Å²) in [5.41, 5.74) is 2.44. The lowest BCUT2D eigenvalue weighted by atomic mass is 9.86. The summed E-state index contributed by atoms with van der Waals surface area (Å²) in [5.74, 6) is 0.407. The van der Waals surface area contributed by atoms with Crippen LogP contribution in [0.2, 0.25) is 0 Å². The molecule has 1 aliphatic carbocycles. The summed E-state index contributed by atoms with van der Waals surface area (Å²) in [6.07, 6.45) is 15.5. The largest absolute Gasteiger partial charge is 0.497 e. The van der Waals surface area contributed by atoms with Crippen LogP contribution in [0.25, 0.3) is 0 Å². The maximum absolute atomic E-state index is 13.0. The number of hydrogen-bond acceptors (Lipinski definition) is 7. The Morgan fingerprint density at radius 3 is 2.69 bits per heavy atom. The van der Waals surface area contributed by atoms with Gasteiger partial charge >= 0.3 is 18.0 Å². The molecule has 1 aromatic carbocycles. The summed E-state index contributed by atoms with van der Waals surface area (Å²) in [4.78, 5) is 27.8. The van der Waals surface area contributed by atoms with E-state index in [4.69, 9.17) is 9.15 Å². The Bertz CT molecular complexity index is 1340. The Kier molecular flexibility index (Phi) is 13.7. The molecule has 2 fully saturated rings. The first-order valence-corrected chi connectivity index (χ1v) is 18.2. The van der Waals surface area contributed by atoms with Gasteiger partial charge in [0.15, 0.2) is 12.8 Å². The molecule has 1 saturated heterocycles.